The number of amides is 1. The van der Waals surface area contributed by atoms with Crippen LogP contribution in [0.15, 0.2) is 18.2 Å². The van der Waals surface area contributed by atoms with Crippen LogP contribution in [0, 0.1) is 5.92 Å². The highest BCUT2D eigenvalue weighted by atomic mass is 16.5. The van der Waals surface area contributed by atoms with Gasteiger partial charge in [-0.15, -0.1) is 0 Å². The molecule has 1 saturated carbocycles. The maximum Gasteiger partial charge on any atom is 0.254 e. The highest BCUT2D eigenvalue weighted by molar-refractivity contribution is 5.95. The standard InChI is InChI=1S/C19H27NO5/c1-3-23-16-6-5-14(11-18(16)24-4-2)19(22)20-7-8-25-17-10-13(12-21)9-15(17)20/h5-6,11,13,15,17,21H,3-4,7-10,12H2,1-2H3/t13-,15+,17+/m1/s1. The number of carbonyl (C=O) groups excluding carboxylic acids is 1. The van der Waals surface area contributed by atoms with Crippen molar-refractivity contribution in [1.82, 2.24) is 4.90 Å². The van der Waals surface area contributed by atoms with Crippen LogP contribution in [0.25, 0.3) is 0 Å². The number of nitrogens with zero attached hydrogens (tertiary/aromatic N) is 1. The Bertz CT molecular complexity index is 605. The van der Waals surface area contributed by atoms with Crippen molar-refractivity contribution in [2.45, 2.75) is 38.8 Å². The van der Waals surface area contributed by atoms with Crippen LogP contribution in [0.3, 0.4) is 0 Å². The SMILES string of the molecule is CCOc1ccc(C(=O)N2CCO[C@H]3C[C@H](CO)C[C@@H]32)cc1OCC. The van der Waals surface area contributed by atoms with E-state index in [-0.39, 0.29) is 30.6 Å². The lowest BCUT2D eigenvalue weighted by molar-refractivity contribution is -0.0448. The van der Waals surface area contributed by atoms with Crippen LogP contribution >= 0.6 is 0 Å². The molecule has 1 aliphatic heterocycles. The van der Waals surface area contributed by atoms with Gasteiger partial charge < -0.3 is 24.2 Å². The fourth-order valence-corrected chi connectivity index (χ4v) is 3.80. The molecule has 1 aromatic carbocycles. The van der Waals surface area contributed by atoms with E-state index < -0.39 is 0 Å². The van der Waals surface area contributed by atoms with Gasteiger partial charge in [-0.1, -0.05) is 0 Å². The van der Waals surface area contributed by atoms with E-state index in [0.29, 0.717) is 43.4 Å². The first-order valence-corrected chi connectivity index (χ1v) is 9.11. The first kappa shape index (κ1) is 18.0. The maximum atomic E-state index is 13.1. The third-order valence-electron chi connectivity index (χ3n) is 4.94. The number of benzene rings is 1. The largest absolute Gasteiger partial charge is 0.490 e. The van der Waals surface area contributed by atoms with Gasteiger partial charge in [0.15, 0.2) is 11.5 Å². The van der Waals surface area contributed by atoms with Gasteiger partial charge in [-0.25, -0.2) is 0 Å². The highest BCUT2D eigenvalue weighted by Gasteiger charge is 2.42. The Morgan fingerprint density at radius 2 is 2.00 bits per heavy atom. The maximum absolute atomic E-state index is 13.1. The number of morpholine rings is 1. The van der Waals surface area contributed by atoms with Gasteiger partial charge in [0.25, 0.3) is 5.91 Å². The molecule has 0 aromatic heterocycles. The van der Waals surface area contributed by atoms with Gasteiger partial charge in [0.2, 0.25) is 0 Å². The fourth-order valence-electron chi connectivity index (χ4n) is 3.80. The van der Waals surface area contributed by atoms with Crippen molar-refractivity contribution in [1.29, 1.82) is 0 Å². The van der Waals surface area contributed by atoms with Crippen molar-refractivity contribution >= 4 is 5.91 Å². The second-order valence-electron chi connectivity index (χ2n) is 6.52. The van der Waals surface area contributed by atoms with Crippen molar-refractivity contribution in [3.63, 3.8) is 0 Å². The summed E-state index contributed by atoms with van der Waals surface area (Å²) in [4.78, 5) is 15.0. The summed E-state index contributed by atoms with van der Waals surface area (Å²) in [6.07, 6.45) is 1.64. The van der Waals surface area contributed by atoms with Gasteiger partial charge in [-0.05, 0) is 50.8 Å². The molecule has 1 saturated heterocycles. The summed E-state index contributed by atoms with van der Waals surface area (Å²) >= 11 is 0. The first-order chi connectivity index (χ1) is 12.2. The molecule has 1 N–H and O–H groups in total. The van der Waals surface area contributed by atoms with E-state index in [9.17, 15) is 9.90 Å². The summed E-state index contributed by atoms with van der Waals surface area (Å²) in [5.41, 5.74) is 0.597. The van der Waals surface area contributed by atoms with Crippen LogP contribution in [0.5, 0.6) is 11.5 Å². The van der Waals surface area contributed by atoms with E-state index in [1.54, 1.807) is 18.2 Å². The minimum absolute atomic E-state index is 0.0131. The molecular formula is C19H27NO5. The number of hydrogen-bond acceptors (Lipinski definition) is 5. The summed E-state index contributed by atoms with van der Waals surface area (Å²) in [6, 6.07) is 5.39. The molecule has 1 amide bonds. The summed E-state index contributed by atoms with van der Waals surface area (Å²) in [5, 5.41) is 9.44. The van der Waals surface area contributed by atoms with Crippen molar-refractivity contribution in [2.24, 2.45) is 5.92 Å². The van der Waals surface area contributed by atoms with E-state index in [0.717, 1.165) is 12.8 Å². The fraction of sp³-hybridized carbons (Fsp3) is 0.632. The van der Waals surface area contributed by atoms with Gasteiger partial charge >= 0.3 is 0 Å². The van der Waals surface area contributed by atoms with Crippen LogP contribution < -0.4 is 9.47 Å². The molecule has 2 fully saturated rings. The van der Waals surface area contributed by atoms with Crippen LogP contribution in [0.4, 0.5) is 0 Å². The first-order valence-electron chi connectivity index (χ1n) is 9.11. The number of hydrogen-bond donors (Lipinski definition) is 1. The smallest absolute Gasteiger partial charge is 0.254 e. The average molecular weight is 349 g/mol. The molecule has 0 unspecified atom stereocenters. The van der Waals surface area contributed by atoms with E-state index >= 15 is 0 Å². The molecule has 1 heterocycles. The molecule has 2 aliphatic rings. The number of rotatable bonds is 6. The van der Waals surface area contributed by atoms with Crippen LogP contribution in [-0.4, -0.2) is 61.0 Å². The molecule has 6 heteroatoms. The van der Waals surface area contributed by atoms with E-state index in [2.05, 4.69) is 0 Å². The van der Waals surface area contributed by atoms with Gasteiger partial charge in [-0.2, -0.15) is 0 Å². The Hall–Kier alpha value is -1.79. The van der Waals surface area contributed by atoms with E-state index in [4.69, 9.17) is 14.2 Å². The molecule has 0 bridgehead atoms. The summed E-state index contributed by atoms with van der Waals surface area (Å²) in [7, 11) is 0. The number of aliphatic hydroxyl groups excluding tert-OH is 1. The monoisotopic (exact) mass is 349 g/mol. The Labute approximate surface area is 148 Å². The number of aliphatic hydroxyl groups is 1. The van der Waals surface area contributed by atoms with Gasteiger partial charge in [0, 0.05) is 18.7 Å². The molecule has 3 atom stereocenters. The molecule has 138 valence electrons. The Morgan fingerprint density at radius 3 is 2.72 bits per heavy atom. The minimum Gasteiger partial charge on any atom is -0.490 e. The van der Waals surface area contributed by atoms with Crippen molar-refractivity contribution in [2.75, 3.05) is 33.0 Å². The third kappa shape index (κ3) is 3.75. The zero-order valence-corrected chi connectivity index (χ0v) is 14.9. The molecule has 1 aliphatic carbocycles. The van der Waals surface area contributed by atoms with E-state index in [1.807, 2.05) is 18.7 Å². The topological polar surface area (TPSA) is 68.2 Å². The summed E-state index contributed by atoms with van der Waals surface area (Å²) in [5.74, 6) is 1.45. The highest BCUT2D eigenvalue weighted by Crippen LogP contribution is 2.35. The third-order valence-corrected chi connectivity index (χ3v) is 4.94. The lowest BCUT2D eigenvalue weighted by Gasteiger charge is -2.37. The van der Waals surface area contributed by atoms with Gasteiger partial charge in [0.05, 0.1) is 32.0 Å². The Morgan fingerprint density at radius 1 is 1.24 bits per heavy atom. The summed E-state index contributed by atoms with van der Waals surface area (Å²) < 4.78 is 17.0. The number of ether oxygens (including phenoxy) is 3. The van der Waals surface area contributed by atoms with E-state index in [1.165, 1.54) is 0 Å². The molecule has 25 heavy (non-hydrogen) atoms. The lowest BCUT2D eigenvalue weighted by Crippen LogP contribution is -2.51. The number of fused-ring (bicyclic) bond motifs is 1. The molecule has 0 spiro atoms. The number of carbonyl (C=O) groups is 1. The normalized spacial score (nSPS) is 25.6. The van der Waals surface area contributed by atoms with Crippen molar-refractivity contribution < 1.29 is 24.1 Å². The zero-order valence-electron chi connectivity index (χ0n) is 14.9. The Kier molecular flexibility index (Phi) is 5.81. The van der Waals surface area contributed by atoms with Gasteiger partial charge in [-0.3, -0.25) is 4.79 Å². The molecule has 6 nitrogen and oxygen atoms in total. The van der Waals surface area contributed by atoms with Crippen LogP contribution in [-0.2, 0) is 4.74 Å². The second-order valence-corrected chi connectivity index (χ2v) is 6.52. The predicted molar refractivity (Wildman–Crippen MR) is 93.2 cm³/mol. The molecule has 1 aromatic rings. The zero-order chi connectivity index (χ0) is 17.8. The predicted octanol–water partition coefficient (Wildman–Crippen LogP) is 2.10. The molecule has 3 rings (SSSR count). The Balaban J connectivity index is 1.81. The quantitative estimate of drug-likeness (QED) is 0.852. The molecule has 0 radical (unpaired) electrons. The van der Waals surface area contributed by atoms with Crippen molar-refractivity contribution in [3.05, 3.63) is 23.8 Å². The second kappa shape index (κ2) is 8.06. The lowest BCUT2D eigenvalue weighted by atomic mass is 10.1. The van der Waals surface area contributed by atoms with Crippen molar-refractivity contribution in [3.8, 4) is 11.5 Å². The van der Waals surface area contributed by atoms with Gasteiger partial charge in [0.1, 0.15) is 0 Å². The minimum atomic E-state index is -0.0131. The van der Waals surface area contributed by atoms with Crippen LogP contribution in [0.1, 0.15) is 37.0 Å². The summed E-state index contributed by atoms with van der Waals surface area (Å²) in [6.45, 7) is 6.15. The molecular weight excluding hydrogens is 322 g/mol. The average Bonchev–Trinajstić information content (AvgIpc) is 3.06. The van der Waals surface area contributed by atoms with Crippen LogP contribution in [0.2, 0.25) is 0 Å².